The van der Waals surface area contributed by atoms with Gasteiger partial charge in [-0.05, 0) is 39.3 Å². The monoisotopic (exact) mass is 189 g/mol. The van der Waals surface area contributed by atoms with E-state index in [9.17, 15) is 0 Å². The summed E-state index contributed by atoms with van der Waals surface area (Å²) in [7, 11) is 2.25. The first-order valence-electron chi connectivity index (χ1n) is 5.11. The van der Waals surface area contributed by atoms with Crippen LogP contribution in [0.3, 0.4) is 0 Å². The fraction of sp³-hybridized carbons (Fsp3) is 1.00. The normalized spacial score (nSPS) is 17.2. The third-order valence-electron chi connectivity index (χ3n) is 2.56. The molecule has 0 aromatic carbocycles. The summed E-state index contributed by atoms with van der Waals surface area (Å²) >= 11 is 5.59. The SMILES string of the molecule is CN(CCCCCCCl)C1CC1. The minimum Gasteiger partial charge on any atom is -0.303 e. The molecule has 0 N–H and O–H groups in total. The van der Waals surface area contributed by atoms with Crippen LogP contribution in [0.5, 0.6) is 0 Å². The molecule has 72 valence electrons. The highest BCUT2D eigenvalue weighted by molar-refractivity contribution is 6.17. The lowest BCUT2D eigenvalue weighted by Crippen LogP contribution is -2.21. The Bertz CT molecular complexity index is 112. The van der Waals surface area contributed by atoms with Crippen molar-refractivity contribution in [3.8, 4) is 0 Å². The summed E-state index contributed by atoms with van der Waals surface area (Å²) < 4.78 is 0. The lowest BCUT2D eigenvalue weighted by molar-refractivity contribution is 0.315. The molecule has 0 aromatic heterocycles. The molecule has 0 aliphatic heterocycles. The fourth-order valence-corrected chi connectivity index (χ4v) is 1.70. The summed E-state index contributed by atoms with van der Waals surface area (Å²) in [5, 5.41) is 0. The van der Waals surface area contributed by atoms with Crippen LogP contribution in [0, 0.1) is 0 Å². The van der Waals surface area contributed by atoms with Gasteiger partial charge in [-0.2, -0.15) is 0 Å². The number of alkyl halides is 1. The fourth-order valence-electron chi connectivity index (χ4n) is 1.51. The van der Waals surface area contributed by atoms with E-state index in [1.165, 1.54) is 45.1 Å². The van der Waals surface area contributed by atoms with Gasteiger partial charge in [-0.15, -0.1) is 11.6 Å². The van der Waals surface area contributed by atoms with Gasteiger partial charge in [-0.1, -0.05) is 12.8 Å². The number of rotatable bonds is 7. The van der Waals surface area contributed by atoms with Crippen molar-refractivity contribution in [3.05, 3.63) is 0 Å². The molecule has 1 aliphatic carbocycles. The van der Waals surface area contributed by atoms with E-state index in [2.05, 4.69) is 11.9 Å². The molecular weight excluding hydrogens is 170 g/mol. The standard InChI is InChI=1S/C10H20ClN/c1-12(10-6-7-10)9-5-3-2-4-8-11/h10H,2-9H2,1H3. The zero-order valence-corrected chi connectivity index (χ0v) is 8.82. The van der Waals surface area contributed by atoms with E-state index in [0.717, 1.165) is 11.9 Å². The smallest absolute Gasteiger partial charge is 0.0223 e. The van der Waals surface area contributed by atoms with Gasteiger partial charge in [0.2, 0.25) is 0 Å². The Labute approximate surface area is 81.1 Å². The second-order valence-electron chi connectivity index (χ2n) is 3.81. The van der Waals surface area contributed by atoms with E-state index in [0.29, 0.717) is 0 Å². The summed E-state index contributed by atoms with van der Waals surface area (Å²) in [6.45, 7) is 1.28. The molecule has 1 rings (SSSR count). The maximum absolute atomic E-state index is 5.59. The van der Waals surface area contributed by atoms with Crippen LogP contribution in [0.2, 0.25) is 0 Å². The molecule has 0 amide bonds. The molecule has 0 spiro atoms. The van der Waals surface area contributed by atoms with E-state index < -0.39 is 0 Å². The second kappa shape index (κ2) is 5.82. The van der Waals surface area contributed by atoms with Crippen molar-refractivity contribution in [2.45, 2.75) is 44.6 Å². The van der Waals surface area contributed by atoms with Gasteiger partial charge < -0.3 is 4.90 Å². The van der Waals surface area contributed by atoms with Crippen LogP contribution < -0.4 is 0 Å². The highest BCUT2D eigenvalue weighted by atomic mass is 35.5. The van der Waals surface area contributed by atoms with Gasteiger partial charge in [0.1, 0.15) is 0 Å². The highest BCUT2D eigenvalue weighted by Gasteiger charge is 2.25. The van der Waals surface area contributed by atoms with Crippen LogP contribution in [-0.4, -0.2) is 30.4 Å². The van der Waals surface area contributed by atoms with Gasteiger partial charge >= 0.3 is 0 Å². The number of hydrogen-bond acceptors (Lipinski definition) is 1. The maximum Gasteiger partial charge on any atom is 0.0223 e. The lowest BCUT2D eigenvalue weighted by atomic mass is 10.2. The number of hydrogen-bond donors (Lipinski definition) is 0. The van der Waals surface area contributed by atoms with Crippen LogP contribution in [0.4, 0.5) is 0 Å². The van der Waals surface area contributed by atoms with Crippen molar-refractivity contribution in [2.24, 2.45) is 0 Å². The first-order valence-corrected chi connectivity index (χ1v) is 5.64. The van der Waals surface area contributed by atoms with Crippen molar-refractivity contribution in [1.82, 2.24) is 4.90 Å². The molecule has 0 saturated heterocycles. The largest absolute Gasteiger partial charge is 0.303 e. The molecule has 0 atom stereocenters. The summed E-state index contributed by atoms with van der Waals surface area (Å²) in [4.78, 5) is 2.50. The van der Waals surface area contributed by atoms with Crippen molar-refractivity contribution in [1.29, 1.82) is 0 Å². The van der Waals surface area contributed by atoms with E-state index in [1.807, 2.05) is 0 Å². The average molecular weight is 190 g/mol. The van der Waals surface area contributed by atoms with E-state index in [1.54, 1.807) is 0 Å². The van der Waals surface area contributed by atoms with Crippen LogP contribution >= 0.6 is 11.6 Å². The molecule has 2 heteroatoms. The van der Waals surface area contributed by atoms with Gasteiger partial charge in [-0.25, -0.2) is 0 Å². The molecule has 1 saturated carbocycles. The van der Waals surface area contributed by atoms with Gasteiger partial charge in [-0.3, -0.25) is 0 Å². The van der Waals surface area contributed by atoms with Gasteiger partial charge in [0.05, 0.1) is 0 Å². The third kappa shape index (κ3) is 4.32. The number of halogens is 1. The van der Waals surface area contributed by atoms with E-state index >= 15 is 0 Å². The Hall–Kier alpha value is 0.250. The molecule has 0 bridgehead atoms. The van der Waals surface area contributed by atoms with Crippen LogP contribution in [0.25, 0.3) is 0 Å². The Kier molecular flexibility index (Phi) is 5.01. The topological polar surface area (TPSA) is 3.24 Å². The maximum atomic E-state index is 5.59. The van der Waals surface area contributed by atoms with Gasteiger partial charge in [0, 0.05) is 11.9 Å². The van der Waals surface area contributed by atoms with Crippen molar-refractivity contribution in [2.75, 3.05) is 19.5 Å². The lowest BCUT2D eigenvalue weighted by Gasteiger charge is -2.14. The molecule has 0 heterocycles. The predicted molar refractivity (Wildman–Crippen MR) is 54.8 cm³/mol. The molecular formula is C10H20ClN. The average Bonchev–Trinajstić information content (AvgIpc) is 2.86. The summed E-state index contributed by atoms with van der Waals surface area (Å²) in [6, 6.07) is 0.929. The quantitative estimate of drug-likeness (QED) is 0.440. The van der Waals surface area contributed by atoms with E-state index in [4.69, 9.17) is 11.6 Å². The Balaban J connectivity index is 1.81. The molecule has 1 fully saturated rings. The third-order valence-corrected chi connectivity index (χ3v) is 2.83. The van der Waals surface area contributed by atoms with E-state index in [-0.39, 0.29) is 0 Å². The molecule has 0 aromatic rings. The minimum atomic E-state index is 0.832. The zero-order chi connectivity index (χ0) is 8.81. The number of unbranched alkanes of at least 4 members (excludes halogenated alkanes) is 3. The van der Waals surface area contributed by atoms with Crippen molar-refractivity contribution >= 4 is 11.6 Å². The molecule has 0 unspecified atom stereocenters. The first kappa shape index (κ1) is 10.3. The molecule has 1 nitrogen and oxygen atoms in total. The van der Waals surface area contributed by atoms with Crippen LogP contribution in [-0.2, 0) is 0 Å². The van der Waals surface area contributed by atoms with Crippen molar-refractivity contribution < 1.29 is 0 Å². The Morgan fingerprint density at radius 1 is 1.17 bits per heavy atom. The van der Waals surface area contributed by atoms with Crippen molar-refractivity contribution in [3.63, 3.8) is 0 Å². The number of nitrogens with zero attached hydrogens (tertiary/aromatic N) is 1. The molecule has 0 radical (unpaired) electrons. The molecule has 12 heavy (non-hydrogen) atoms. The molecule has 1 aliphatic rings. The zero-order valence-electron chi connectivity index (χ0n) is 8.06. The highest BCUT2D eigenvalue weighted by Crippen LogP contribution is 2.25. The Morgan fingerprint density at radius 2 is 1.83 bits per heavy atom. The Morgan fingerprint density at radius 3 is 2.42 bits per heavy atom. The minimum absolute atomic E-state index is 0.832. The van der Waals surface area contributed by atoms with Gasteiger partial charge in [0.15, 0.2) is 0 Å². The summed E-state index contributed by atoms with van der Waals surface area (Å²) in [5.74, 6) is 0.832. The van der Waals surface area contributed by atoms with Gasteiger partial charge in [0.25, 0.3) is 0 Å². The van der Waals surface area contributed by atoms with Crippen LogP contribution in [0.15, 0.2) is 0 Å². The second-order valence-corrected chi connectivity index (χ2v) is 4.19. The summed E-state index contributed by atoms with van der Waals surface area (Å²) in [5.41, 5.74) is 0. The predicted octanol–water partition coefficient (Wildman–Crippen LogP) is 2.88. The van der Waals surface area contributed by atoms with Crippen LogP contribution in [0.1, 0.15) is 38.5 Å². The summed E-state index contributed by atoms with van der Waals surface area (Å²) in [6.07, 6.45) is 8.06. The first-order chi connectivity index (χ1) is 5.84.